The van der Waals surface area contributed by atoms with Crippen molar-refractivity contribution < 1.29 is 13.2 Å². The van der Waals surface area contributed by atoms with E-state index in [1.165, 1.54) is 0 Å². The van der Waals surface area contributed by atoms with Crippen molar-refractivity contribution in [2.24, 2.45) is 9.39 Å². The van der Waals surface area contributed by atoms with Gasteiger partial charge < -0.3 is 4.57 Å². The molecule has 0 aliphatic carbocycles. The van der Waals surface area contributed by atoms with Gasteiger partial charge in [0.15, 0.2) is 0 Å². The summed E-state index contributed by atoms with van der Waals surface area (Å²) in [4.78, 5) is 17.6. The number of aromatic nitrogens is 1. The number of para-hydroxylation sites is 1. The van der Waals surface area contributed by atoms with Gasteiger partial charge in [0.05, 0.1) is 17.5 Å². The number of fused-ring (bicyclic) bond motifs is 1. The molecule has 0 saturated carbocycles. The molecule has 0 unspecified atom stereocenters. The van der Waals surface area contributed by atoms with Crippen LogP contribution in [0.3, 0.4) is 0 Å². The maximum atomic E-state index is 12.6. The average Bonchev–Trinajstić information content (AvgIpc) is 3.20. The lowest BCUT2D eigenvalue weighted by Crippen LogP contribution is -2.45. The van der Waals surface area contributed by atoms with Crippen LogP contribution in [0.5, 0.6) is 0 Å². The largest absolute Gasteiger partial charge is 0.318 e. The predicted molar refractivity (Wildman–Crippen MR) is 120 cm³/mol. The van der Waals surface area contributed by atoms with E-state index in [4.69, 9.17) is 5.41 Å². The number of aliphatic imine (C=N–C) groups is 1. The Labute approximate surface area is 178 Å². The van der Waals surface area contributed by atoms with Crippen LogP contribution in [0.1, 0.15) is 22.5 Å². The van der Waals surface area contributed by atoms with E-state index in [0.29, 0.717) is 0 Å². The summed E-state index contributed by atoms with van der Waals surface area (Å²) in [5, 5.41) is 8.27. The monoisotopic (exact) mass is 441 g/mol. The maximum Gasteiger partial charge on any atom is 0.283 e. The van der Waals surface area contributed by atoms with E-state index < -0.39 is 15.7 Å². The van der Waals surface area contributed by atoms with Gasteiger partial charge >= 0.3 is 0 Å². The lowest BCUT2D eigenvalue weighted by molar-refractivity contribution is -0.114. The average molecular weight is 442 g/mol. The van der Waals surface area contributed by atoms with Crippen LogP contribution in [-0.2, 0) is 14.6 Å². The summed E-state index contributed by atoms with van der Waals surface area (Å²) in [6.07, 6.45) is 2.60. The number of hydrogen-bond donors (Lipinski definition) is 1. The van der Waals surface area contributed by atoms with E-state index in [0.717, 1.165) is 51.3 Å². The minimum atomic E-state index is -3.68. The molecule has 2 aliphatic rings. The van der Waals surface area contributed by atoms with E-state index in [1.54, 1.807) is 6.08 Å². The molecule has 0 radical (unpaired) electrons. The van der Waals surface area contributed by atoms with Crippen LogP contribution in [0.25, 0.3) is 11.8 Å². The van der Waals surface area contributed by atoms with Gasteiger partial charge in [0.25, 0.3) is 5.91 Å². The third-order valence-electron chi connectivity index (χ3n) is 4.95. The summed E-state index contributed by atoms with van der Waals surface area (Å²) >= 11 is 0.777. The van der Waals surface area contributed by atoms with Crippen LogP contribution in [0.15, 0.2) is 45.3 Å². The van der Waals surface area contributed by atoms with Crippen molar-refractivity contribution in [1.29, 1.82) is 5.41 Å². The Hall–Kier alpha value is -2.98. The number of aryl methyl sites for hydroxylation is 2. The van der Waals surface area contributed by atoms with Crippen molar-refractivity contribution in [3.05, 3.63) is 58.4 Å². The van der Waals surface area contributed by atoms with Gasteiger partial charge in [-0.2, -0.15) is 9.39 Å². The number of hydrogen-bond acceptors (Lipinski definition) is 6. The van der Waals surface area contributed by atoms with E-state index in [-0.39, 0.29) is 21.7 Å². The second-order valence-corrected chi connectivity index (χ2v) is 9.77. The fraction of sp³-hybridized carbons (Fsp3) is 0.200. The Bertz CT molecular complexity index is 1320. The fourth-order valence-electron chi connectivity index (χ4n) is 3.51. The third-order valence-corrected chi connectivity index (χ3v) is 6.71. The SMILES string of the molecule is Cc1ccccc1-n1c(C)cc(/C=C2/C(=N)N3C(=NC2=O)SN=C3S(C)(=O)=O)c1C. The molecule has 154 valence electrons. The molecule has 0 bridgehead atoms. The minimum Gasteiger partial charge on any atom is -0.318 e. The Balaban J connectivity index is 1.81. The van der Waals surface area contributed by atoms with Gasteiger partial charge in [0.2, 0.25) is 20.2 Å². The van der Waals surface area contributed by atoms with Crippen LogP contribution >= 0.6 is 11.9 Å². The van der Waals surface area contributed by atoms with Crippen LogP contribution in [0.2, 0.25) is 0 Å². The van der Waals surface area contributed by atoms with E-state index in [1.807, 2.05) is 51.1 Å². The summed E-state index contributed by atoms with van der Waals surface area (Å²) < 4.78 is 30.0. The number of benzene rings is 1. The second-order valence-electron chi connectivity index (χ2n) is 7.13. The molecule has 0 fully saturated rings. The number of sulfone groups is 1. The lowest BCUT2D eigenvalue weighted by Gasteiger charge is -2.23. The summed E-state index contributed by atoms with van der Waals surface area (Å²) in [6.45, 7) is 5.93. The quantitative estimate of drug-likeness (QED) is 0.569. The molecule has 4 rings (SSSR count). The molecular formula is C20H19N5O3S2. The topological polar surface area (TPSA) is 108 Å². The Morgan fingerprint density at radius 1 is 1.17 bits per heavy atom. The standard InChI is InChI=1S/C20H19N5O3S2/c1-11-7-5-6-8-16(11)24-12(2)9-14(13(24)3)10-15-17(21)25-19(22-18(15)26)29-23-20(25)30(4,27)28/h5-10,21H,1-4H3/b15-10-,21-17?. The molecule has 2 aliphatic heterocycles. The number of carbonyl (C=O) groups excluding carboxylic acids is 1. The molecule has 0 saturated heterocycles. The zero-order chi connectivity index (χ0) is 21.8. The summed E-state index contributed by atoms with van der Waals surface area (Å²) in [5.41, 5.74) is 4.79. The first-order valence-corrected chi connectivity index (χ1v) is 11.7. The highest BCUT2D eigenvalue weighted by Gasteiger charge is 2.41. The molecule has 0 spiro atoms. The summed E-state index contributed by atoms with van der Waals surface area (Å²) in [5.74, 6) is -0.843. The number of amidine groups is 3. The van der Waals surface area contributed by atoms with Gasteiger partial charge in [0, 0.05) is 23.3 Å². The number of nitrogens with zero attached hydrogens (tertiary/aromatic N) is 4. The molecule has 10 heteroatoms. The molecule has 30 heavy (non-hydrogen) atoms. The lowest BCUT2D eigenvalue weighted by atomic mass is 10.1. The third kappa shape index (κ3) is 3.21. The van der Waals surface area contributed by atoms with Gasteiger partial charge in [-0.1, -0.05) is 18.2 Å². The Kier molecular flexibility index (Phi) is 4.78. The van der Waals surface area contributed by atoms with Crippen molar-refractivity contribution in [2.45, 2.75) is 20.8 Å². The molecule has 0 atom stereocenters. The van der Waals surface area contributed by atoms with Crippen LogP contribution in [0, 0.1) is 26.2 Å². The molecule has 1 aromatic heterocycles. The van der Waals surface area contributed by atoms with Gasteiger partial charge in [0.1, 0.15) is 5.84 Å². The summed E-state index contributed by atoms with van der Waals surface area (Å²) in [6, 6.07) is 9.92. The smallest absolute Gasteiger partial charge is 0.283 e. The number of carbonyl (C=O) groups is 1. The van der Waals surface area contributed by atoms with Gasteiger partial charge in [-0.05, 0) is 50.1 Å². The van der Waals surface area contributed by atoms with Crippen LogP contribution in [0.4, 0.5) is 0 Å². The van der Waals surface area contributed by atoms with Crippen molar-refractivity contribution >= 4 is 49.9 Å². The second kappa shape index (κ2) is 7.06. The number of rotatable bonds is 2. The highest BCUT2D eigenvalue weighted by Crippen LogP contribution is 2.31. The van der Waals surface area contributed by atoms with Gasteiger partial charge in [-0.25, -0.2) is 13.3 Å². The first kappa shape index (κ1) is 20.3. The zero-order valence-electron chi connectivity index (χ0n) is 16.8. The van der Waals surface area contributed by atoms with Crippen molar-refractivity contribution in [3.8, 4) is 5.69 Å². The minimum absolute atomic E-state index is 0.0163. The van der Waals surface area contributed by atoms with Crippen molar-refractivity contribution in [3.63, 3.8) is 0 Å². The van der Waals surface area contributed by atoms with Gasteiger partial charge in [-0.15, -0.1) is 0 Å². The first-order chi connectivity index (χ1) is 14.1. The van der Waals surface area contributed by atoms with Gasteiger partial charge in [-0.3, -0.25) is 10.2 Å². The number of nitrogens with one attached hydrogen (secondary N) is 1. The molecule has 1 aromatic carbocycles. The molecule has 1 amide bonds. The zero-order valence-corrected chi connectivity index (χ0v) is 18.4. The highest BCUT2D eigenvalue weighted by molar-refractivity contribution is 8.16. The van der Waals surface area contributed by atoms with E-state index >= 15 is 0 Å². The van der Waals surface area contributed by atoms with Crippen LogP contribution in [-0.4, -0.2) is 46.2 Å². The highest BCUT2D eigenvalue weighted by atomic mass is 32.2. The van der Waals surface area contributed by atoms with Crippen molar-refractivity contribution in [2.75, 3.05) is 6.26 Å². The van der Waals surface area contributed by atoms with E-state index in [9.17, 15) is 13.2 Å². The van der Waals surface area contributed by atoms with Crippen LogP contribution < -0.4 is 0 Å². The Morgan fingerprint density at radius 3 is 2.53 bits per heavy atom. The molecule has 1 N–H and O–H groups in total. The predicted octanol–water partition coefficient (Wildman–Crippen LogP) is 3.02. The molecule has 8 nitrogen and oxygen atoms in total. The maximum absolute atomic E-state index is 12.6. The fourth-order valence-corrected chi connectivity index (χ4v) is 5.36. The molecule has 3 heterocycles. The molecular weight excluding hydrogens is 422 g/mol. The normalized spacial score (nSPS) is 18.0. The first-order valence-electron chi connectivity index (χ1n) is 9.03. The van der Waals surface area contributed by atoms with Crippen molar-refractivity contribution in [1.82, 2.24) is 9.47 Å². The summed E-state index contributed by atoms with van der Waals surface area (Å²) in [7, 11) is -3.68. The van der Waals surface area contributed by atoms with E-state index in [2.05, 4.69) is 14.0 Å². The number of amides is 1. The molecule has 2 aromatic rings. The Morgan fingerprint density at radius 2 is 1.87 bits per heavy atom.